The number of thioether (sulfide) groups is 1. The molecule has 1 rings (SSSR count). The highest BCUT2D eigenvalue weighted by Gasteiger charge is 2.05. The summed E-state index contributed by atoms with van der Waals surface area (Å²) in [6.45, 7) is 3.98. The van der Waals surface area contributed by atoms with E-state index in [4.69, 9.17) is 11.6 Å². The Bertz CT molecular complexity index is 400. The summed E-state index contributed by atoms with van der Waals surface area (Å²) in [5.74, 6) is 0.466. The van der Waals surface area contributed by atoms with Crippen LogP contribution in [0.5, 0.6) is 0 Å². The number of aromatic nitrogens is 2. The number of hydrogen-bond donors (Lipinski definition) is 2. The number of hydrogen-bond acceptors (Lipinski definition) is 5. The molecule has 0 aromatic carbocycles. The minimum atomic E-state index is -0.0829. The van der Waals surface area contributed by atoms with E-state index in [1.165, 1.54) is 11.8 Å². The first-order valence-electron chi connectivity index (χ1n) is 5.13. The fourth-order valence-electron chi connectivity index (χ4n) is 1.12. The number of halogens is 1. The fourth-order valence-corrected chi connectivity index (χ4v) is 1.74. The van der Waals surface area contributed by atoms with Crippen molar-refractivity contribution in [2.24, 2.45) is 0 Å². The summed E-state index contributed by atoms with van der Waals surface area (Å²) in [4.78, 5) is 19.6. The van der Waals surface area contributed by atoms with Crippen molar-refractivity contribution in [2.75, 3.05) is 18.1 Å². The van der Waals surface area contributed by atoms with Crippen molar-refractivity contribution in [3.05, 3.63) is 11.2 Å². The highest BCUT2D eigenvalue weighted by molar-refractivity contribution is 7.98. The van der Waals surface area contributed by atoms with Crippen LogP contribution in [0.4, 0.5) is 5.82 Å². The predicted octanol–water partition coefficient (Wildman–Crippen LogP) is 1.79. The molecule has 1 amide bonds. The van der Waals surface area contributed by atoms with E-state index < -0.39 is 0 Å². The molecule has 1 aromatic rings. The number of carbonyl (C=O) groups is 1. The maximum Gasteiger partial charge on any atom is 0.239 e. The second-order valence-electron chi connectivity index (χ2n) is 3.64. The molecule has 0 fully saturated rings. The maximum atomic E-state index is 11.4. The van der Waals surface area contributed by atoms with E-state index in [2.05, 4.69) is 20.6 Å². The number of amides is 1. The predicted molar refractivity (Wildman–Crippen MR) is 70.6 cm³/mol. The molecular formula is C10H15ClN4OS. The SMILES string of the molecule is CSc1nc(Cl)cc(NCC(=O)NC(C)C)n1. The van der Waals surface area contributed by atoms with Crippen LogP contribution < -0.4 is 10.6 Å². The monoisotopic (exact) mass is 274 g/mol. The van der Waals surface area contributed by atoms with Gasteiger partial charge in [0.15, 0.2) is 5.16 Å². The molecular weight excluding hydrogens is 260 g/mol. The Balaban J connectivity index is 2.57. The van der Waals surface area contributed by atoms with Crippen LogP contribution in [0, 0.1) is 0 Å². The molecule has 0 radical (unpaired) electrons. The lowest BCUT2D eigenvalue weighted by atomic mass is 10.4. The van der Waals surface area contributed by atoms with Gasteiger partial charge in [-0.3, -0.25) is 4.79 Å². The van der Waals surface area contributed by atoms with Crippen molar-refractivity contribution in [3.63, 3.8) is 0 Å². The van der Waals surface area contributed by atoms with Gasteiger partial charge in [0.2, 0.25) is 5.91 Å². The Hall–Kier alpha value is -1.01. The highest BCUT2D eigenvalue weighted by Crippen LogP contribution is 2.16. The number of carbonyl (C=O) groups excluding carboxylic acids is 1. The number of nitrogens with one attached hydrogen (secondary N) is 2. The van der Waals surface area contributed by atoms with Crippen molar-refractivity contribution < 1.29 is 4.79 Å². The van der Waals surface area contributed by atoms with Crippen LogP contribution in [0.2, 0.25) is 5.15 Å². The van der Waals surface area contributed by atoms with Gasteiger partial charge in [-0.05, 0) is 20.1 Å². The first-order valence-corrected chi connectivity index (χ1v) is 6.73. The number of rotatable bonds is 5. The van der Waals surface area contributed by atoms with Crippen molar-refractivity contribution in [3.8, 4) is 0 Å². The average molecular weight is 275 g/mol. The van der Waals surface area contributed by atoms with Crippen molar-refractivity contribution in [1.29, 1.82) is 0 Å². The normalized spacial score (nSPS) is 10.4. The number of nitrogens with zero attached hydrogens (tertiary/aromatic N) is 2. The molecule has 7 heteroatoms. The third-order valence-corrected chi connectivity index (χ3v) is 2.48. The summed E-state index contributed by atoms with van der Waals surface area (Å²) in [6.07, 6.45) is 1.86. The van der Waals surface area contributed by atoms with Crippen LogP contribution in [0.25, 0.3) is 0 Å². The molecule has 0 saturated carbocycles. The summed E-state index contributed by atoms with van der Waals surface area (Å²) in [5.41, 5.74) is 0. The van der Waals surface area contributed by atoms with Gasteiger partial charge in [-0.2, -0.15) is 0 Å². The molecule has 0 atom stereocenters. The van der Waals surface area contributed by atoms with E-state index in [0.29, 0.717) is 16.1 Å². The Labute approximate surface area is 110 Å². The van der Waals surface area contributed by atoms with Gasteiger partial charge in [-0.15, -0.1) is 0 Å². The van der Waals surface area contributed by atoms with Crippen LogP contribution in [0.3, 0.4) is 0 Å². The highest BCUT2D eigenvalue weighted by atomic mass is 35.5. The van der Waals surface area contributed by atoms with Gasteiger partial charge in [0.05, 0.1) is 6.54 Å². The molecule has 17 heavy (non-hydrogen) atoms. The molecule has 0 saturated heterocycles. The van der Waals surface area contributed by atoms with E-state index in [-0.39, 0.29) is 18.5 Å². The minimum absolute atomic E-state index is 0.0829. The molecule has 0 aliphatic heterocycles. The smallest absolute Gasteiger partial charge is 0.239 e. The summed E-state index contributed by atoms with van der Waals surface area (Å²) in [7, 11) is 0. The van der Waals surface area contributed by atoms with E-state index >= 15 is 0 Å². The third kappa shape index (κ3) is 5.23. The van der Waals surface area contributed by atoms with E-state index in [0.717, 1.165) is 0 Å². The average Bonchev–Trinajstić information content (AvgIpc) is 2.24. The molecule has 5 nitrogen and oxygen atoms in total. The standard InChI is InChI=1S/C10H15ClN4OS/c1-6(2)13-9(16)5-12-8-4-7(11)14-10(15-8)17-3/h4,6H,5H2,1-3H3,(H,13,16)(H,12,14,15). The first kappa shape index (κ1) is 14.1. The van der Waals surface area contributed by atoms with Gasteiger partial charge >= 0.3 is 0 Å². The summed E-state index contributed by atoms with van der Waals surface area (Å²) < 4.78 is 0. The van der Waals surface area contributed by atoms with Gasteiger partial charge < -0.3 is 10.6 Å². The van der Waals surface area contributed by atoms with E-state index in [1.807, 2.05) is 20.1 Å². The van der Waals surface area contributed by atoms with E-state index in [9.17, 15) is 4.79 Å². The maximum absolute atomic E-state index is 11.4. The molecule has 1 aromatic heterocycles. The van der Waals surface area contributed by atoms with Gasteiger partial charge in [0.25, 0.3) is 0 Å². The van der Waals surface area contributed by atoms with Gasteiger partial charge in [0, 0.05) is 12.1 Å². The largest absolute Gasteiger partial charge is 0.361 e. The van der Waals surface area contributed by atoms with Crippen molar-refractivity contribution in [2.45, 2.75) is 25.0 Å². The topological polar surface area (TPSA) is 66.9 Å². The number of anilines is 1. The lowest BCUT2D eigenvalue weighted by molar-refractivity contribution is -0.119. The molecule has 0 bridgehead atoms. The van der Waals surface area contributed by atoms with Gasteiger partial charge in [-0.25, -0.2) is 9.97 Å². The van der Waals surface area contributed by atoms with Crippen molar-refractivity contribution in [1.82, 2.24) is 15.3 Å². The Morgan fingerprint density at radius 3 is 2.82 bits per heavy atom. The third-order valence-electron chi connectivity index (χ3n) is 1.74. The molecule has 0 unspecified atom stereocenters. The summed E-state index contributed by atoms with van der Waals surface area (Å²) >= 11 is 7.22. The summed E-state index contributed by atoms with van der Waals surface area (Å²) in [6, 6.07) is 1.71. The van der Waals surface area contributed by atoms with Crippen LogP contribution in [-0.4, -0.2) is 34.7 Å². The fraction of sp³-hybridized carbons (Fsp3) is 0.500. The Morgan fingerprint density at radius 2 is 2.24 bits per heavy atom. The first-order chi connectivity index (χ1) is 8.01. The second kappa shape index (κ2) is 6.66. The van der Waals surface area contributed by atoms with Crippen LogP contribution in [0.15, 0.2) is 11.2 Å². The van der Waals surface area contributed by atoms with E-state index in [1.54, 1.807) is 6.07 Å². The second-order valence-corrected chi connectivity index (χ2v) is 4.80. The van der Waals surface area contributed by atoms with Gasteiger partial charge in [-0.1, -0.05) is 23.4 Å². The Morgan fingerprint density at radius 1 is 1.53 bits per heavy atom. The zero-order valence-electron chi connectivity index (χ0n) is 9.95. The van der Waals surface area contributed by atoms with Crippen LogP contribution in [-0.2, 0) is 4.79 Å². The molecule has 0 spiro atoms. The van der Waals surface area contributed by atoms with Gasteiger partial charge in [0.1, 0.15) is 11.0 Å². The molecule has 2 N–H and O–H groups in total. The lowest BCUT2D eigenvalue weighted by Crippen LogP contribution is -2.35. The molecule has 1 heterocycles. The van der Waals surface area contributed by atoms with Crippen LogP contribution >= 0.6 is 23.4 Å². The molecule has 0 aliphatic rings. The molecule has 94 valence electrons. The molecule has 0 aliphatic carbocycles. The lowest BCUT2D eigenvalue weighted by Gasteiger charge is -2.10. The van der Waals surface area contributed by atoms with Crippen molar-refractivity contribution >= 4 is 35.1 Å². The minimum Gasteiger partial charge on any atom is -0.361 e. The van der Waals surface area contributed by atoms with Crippen LogP contribution in [0.1, 0.15) is 13.8 Å². The zero-order chi connectivity index (χ0) is 12.8. The Kier molecular flexibility index (Phi) is 5.50. The quantitative estimate of drug-likeness (QED) is 0.487. The summed E-state index contributed by atoms with van der Waals surface area (Å²) in [5, 5.41) is 6.61. The zero-order valence-corrected chi connectivity index (χ0v) is 11.5.